The van der Waals surface area contributed by atoms with Gasteiger partial charge in [-0.2, -0.15) is 0 Å². The predicted octanol–water partition coefficient (Wildman–Crippen LogP) is 2.44. The van der Waals surface area contributed by atoms with Crippen LogP contribution in [0.1, 0.15) is 46.0 Å². The summed E-state index contributed by atoms with van der Waals surface area (Å²) in [5, 5.41) is 9.48. The minimum Gasteiger partial charge on any atom is -0.466 e. The van der Waals surface area contributed by atoms with E-state index in [1.807, 2.05) is 0 Å². The van der Waals surface area contributed by atoms with Gasteiger partial charge in [-0.05, 0) is 13.3 Å². The Hall–Kier alpha value is -0.830. The maximum atomic E-state index is 10.9. The Morgan fingerprint density at radius 1 is 1.40 bits per heavy atom. The van der Waals surface area contributed by atoms with Crippen molar-refractivity contribution in [1.82, 2.24) is 0 Å². The van der Waals surface area contributed by atoms with Crippen LogP contribution < -0.4 is 0 Å². The number of carbonyl (C=O) groups is 1. The summed E-state index contributed by atoms with van der Waals surface area (Å²) in [6, 6.07) is 0. The number of carbonyl (C=O) groups excluding carboxylic acids is 1. The number of hydrogen-bond acceptors (Lipinski definition) is 3. The third kappa shape index (κ3) is 9.47. The Morgan fingerprint density at radius 3 is 2.73 bits per heavy atom. The van der Waals surface area contributed by atoms with E-state index >= 15 is 0 Å². The van der Waals surface area contributed by atoms with Crippen molar-refractivity contribution >= 4 is 5.97 Å². The molecule has 3 nitrogen and oxygen atoms in total. The van der Waals surface area contributed by atoms with E-state index < -0.39 is 6.10 Å². The molecule has 0 fully saturated rings. The number of unbranched alkanes of at least 4 members (excludes halogenated alkanes) is 2. The van der Waals surface area contributed by atoms with Gasteiger partial charge in [0.05, 0.1) is 19.1 Å². The molecular formula is C12H22O3. The first-order chi connectivity index (χ1) is 7.20. The minimum atomic E-state index is -0.425. The van der Waals surface area contributed by atoms with E-state index in [9.17, 15) is 9.90 Å². The van der Waals surface area contributed by atoms with Gasteiger partial charge in [-0.3, -0.25) is 4.79 Å². The van der Waals surface area contributed by atoms with Crippen LogP contribution in [-0.4, -0.2) is 23.8 Å². The van der Waals surface area contributed by atoms with E-state index in [4.69, 9.17) is 4.74 Å². The molecule has 0 aromatic heterocycles. The van der Waals surface area contributed by atoms with Crippen LogP contribution in [0.5, 0.6) is 0 Å². The maximum Gasteiger partial charge on any atom is 0.309 e. The summed E-state index contributed by atoms with van der Waals surface area (Å²) < 4.78 is 4.75. The molecule has 1 N–H and O–H groups in total. The zero-order chi connectivity index (χ0) is 11.5. The molecule has 0 rings (SSSR count). The summed E-state index contributed by atoms with van der Waals surface area (Å²) in [4.78, 5) is 10.9. The number of rotatable bonds is 8. The fourth-order valence-electron chi connectivity index (χ4n) is 1.24. The molecule has 0 aromatic rings. The maximum absolute atomic E-state index is 10.9. The van der Waals surface area contributed by atoms with E-state index in [1.54, 1.807) is 19.1 Å². The summed E-state index contributed by atoms with van der Waals surface area (Å²) in [5.74, 6) is -0.241. The first-order valence-electron chi connectivity index (χ1n) is 5.71. The summed E-state index contributed by atoms with van der Waals surface area (Å²) in [5.41, 5.74) is 0. The Kier molecular flexibility index (Phi) is 9.18. The highest BCUT2D eigenvalue weighted by atomic mass is 16.5. The molecule has 1 atom stereocenters. The van der Waals surface area contributed by atoms with Gasteiger partial charge in [0.15, 0.2) is 0 Å². The number of ether oxygens (including phenoxy) is 1. The van der Waals surface area contributed by atoms with Gasteiger partial charge in [0.2, 0.25) is 0 Å². The summed E-state index contributed by atoms with van der Waals surface area (Å²) in [7, 11) is 0. The second kappa shape index (κ2) is 9.71. The summed E-state index contributed by atoms with van der Waals surface area (Å²) in [6.07, 6.45) is 7.27. The Labute approximate surface area is 92.1 Å². The lowest BCUT2D eigenvalue weighted by Crippen LogP contribution is -2.04. The Bertz CT molecular complexity index is 187. The van der Waals surface area contributed by atoms with Crippen molar-refractivity contribution in [2.24, 2.45) is 0 Å². The van der Waals surface area contributed by atoms with Crippen LogP contribution in [0.25, 0.3) is 0 Å². The monoisotopic (exact) mass is 214 g/mol. The van der Waals surface area contributed by atoms with E-state index in [-0.39, 0.29) is 12.4 Å². The second-order valence-electron chi connectivity index (χ2n) is 3.50. The first-order valence-corrected chi connectivity index (χ1v) is 5.71. The van der Waals surface area contributed by atoms with Crippen molar-refractivity contribution in [2.75, 3.05) is 6.61 Å². The van der Waals surface area contributed by atoms with Crippen LogP contribution in [0.3, 0.4) is 0 Å². The lowest BCUT2D eigenvalue weighted by atomic mass is 10.1. The number of hydrogen-bond donors (Lipinski definition) is 1. The molecule has 0 spiro atoms. The van der Waals surface area contributed by atoms with Gasteiger partial charge in [0.1, 0.15) is 0 Å². The van der Waals surface area contributed by atoms with Gasteiger partial charge in [0.25, 0.3) is 0 Å². The highest BCUT2D eigenvalue weighted by molar-refractivity contribution is 5.71. The predicted molar refractivity (Wildman–Crippen MR) is 60.5 cm³/mol. The van der Waals surface area contributed by atoms with Gasteiger partial charge >= 0.3 is 5.97 Å². The molecule has 0 aliphatic carbocycles. The molecule has 0 saturated carbocycles. The third-order valence-corrected chi connectivity index (χ3v) is 2.05. The topological polar surface area (TPSA) is 46.5 Å². The van der Waals surface area contributed by atoms with Crippen LogP contribution in [-0.2, 0) is 9.53 Å². The molecule has 0 aliphatic rings. The zero-order valence-corrected chi connectivity index (χ0v) is 9.74. The minimum absolute atomic E-state index is 0.241. The van der Waals surface area contributed by atoms with Crippen molar-refractivity contribution in [3.8, 4) is 0 Å². The standard InChI is InChI=1S/C12H22O3/c1-3-5-6-8-11(13)9-7-10-12(14)15-4-2/h7,9,11,13H,3-6,8,10H2,1-2H3/b9-7+/t11-/m0/s1. The zero-order valence-electron chi connectivity index (χ0n) is 9.74. The molecule has 88 valence electrons. The Morgan fingerprint density at radius 2 is 2.13 bits per heavy atom. The molecule has 0 saturated heterocycles. The van der Waals surface area contributed by atoms with Crippen LogP contribution in [0.2, 0.25) is 0 Å². The summed E-state index contributed by atoms with van der Waals surface area (Å²) in [6.45, 7) is 4.32. The third-order valence-electron chi connectivity index (χ3n) is 2.05. The molecule has 15 heavy (non-hydrogen) atoms. The SMILES string of the molecule is CCCCC[C@H](O)/C=C/CC(=O)OCC. The van der Waals surface area contributed by atoms with E-state index in [2.05, 4.69) is 6.92 Å². The molecule has 0 heterocycles. The van der Waals surface area contributed by atoms with Crippen molar-refractivity contribution in [3.05, 3.63) is 12.2 Å². The second-order valence-corrected chi connectivity index (χ2v) is 3.50. The van der Waals surface area contributed by atoms with Gasteiger partial charge in [-0.25, -0.2) is 0 Å². The number of esters is 1. The van der Waals surface area contributed by atoms with Crippen molar-refractivity contribution in [3.63, 3.8) is 0 Å². The normalized spacial score (nSPS) is 13.0. The molecular weight excluding hydrogens is 192 g/mol. The van der Waals surface area contributed by atoms with Gasteiger partial charge < -0.3 is 9.84 Å². The fourth-order valence-corrected chi connectivity index (χ4v) is 1.24. The summed E-state index contributed by atoms with van der Waals surface area (Å²) >= 11 is 0. The molecule has 0 aliphatic heterocycles. The van der Waals surface area contributed by atoms with Crippen LogP contribution in [0.15, 0.2) is 12.2 Å². The number of aliphatic hydroxyl groups excluding tert-OH is 1. The molecule has 0 unspecified atom stereocenters. The average molecular weight is 214 g/mol. The molecule has 3 heteroatoms. The smallest absolute Gasteiger partial charge is 0.309 e. The van der Waals surface area contributed by atoms with E-state index in [0.717, 1.165) is 25.7 Å². The van der Waals surface area contributed by atoms with Gasteiger partial charge in [-0.15, -0.1) is 0 Å². The van der Waals surface area contributed by atoms with Gasteiger partial charge in [-0.1, -0.05) is 38.3 Å². The fraction of sp³-hybridized carbons (Fsp3) is 0.750. The lowest BCUT2D eigenvalue weighted by molar-refractivity contribution is -0.142. The molecule has 0 radical (unpaired) electrons. The average Bonchev–Trinajstić information content (AvgIpc) is 2.18. The quantitative estimate of drug-likeness (QED) is 0.383. The van der Waals surface area contributed by atoms with Crippen LogP contribution >= 0.6 is 0 Å². The lowest BCUT2D eigenvalue weighted by Gasteiger charge is -2.04. The van der Waals surface area contributed by atoms with E-state index in [0.29, 0.717) is 6.61 Å². The highest BCUT2D eigenvalue weighted by Crippen LogP contribution is 2.04. The number of aliphatic hydroxyl groups is 1. The first kappa shape index (κ1) is 14.2. The van der Waals surface area contributed by atoms with Crippen LogP contribution in [0.4, 0.5) is 0 Å². The van der Waals surface area contributed by atoms with Gasteiger partial charge in [0, 0.05) is 0 Å². The molecule has 0 bridgehead atoms. The largest absolute Gasteiger partial charge is 0.466 e. The molecule has 0 amide bonds. The van der Waals surface area contributed by atoms with Crippen molar-refractivity contribution in [1.29, 1.82) is 0 Å². The van der Waals surface area contributed by atoms with E-state index in [1.165, 1.54) is 0 Å². The Balaban J connectivity index is 3.53. The van der Waals surface area contributed by atoms with Crippen molar-refractivity contribution < 1.29 is 14.6 Å². The molecule has 0 aromatic carbocycles. The highest BCUT2D eigenvalue weighted by Gasteiger charge is 2.00. The van der Waals surface area contributed by atoms with Crippen LogP contribution in [0, 0.1) is 0 Å². The van der Waals surface area contributed by atoms with Crippen molar-refractivity contribution in [2.45, 2.75) is 52.1 Å².